The molecule has 0 fully saturated rings. The number of thiophene rings is 1. The minimum absolute atomic E-state index is 0.256. The van der Waals surface area contributed by atoms with E-state index < -0.39 is 17.1 Å². The number of fused-ring (bicyclic) bond motifs is 4. The Hall–Kier alpha value is -4.30. The van der Waals surface area contributed by atoms with Crippen LogP contribution in [0.3, 0.4) is 0 Å². The molecule has 0 saturated carbocycles. The van der Waals surface area contributed by atoms with Crippen LogP contribution < -0.4 is 16.0 Å². The number of aromatic nitrogens is 2. The van der Waals surface area contributed by atoms with Crippen molar-refractivity contribution in [3.63, 3.8) is 0 Å². The fourth-order valence-electron chi connectivity index (χ4n) is 4.43. The molecule has 0 amide bonds. The lowest BCUT2D eigenvalue weighted by Gasteiger charge is -2.08. The molecule has 0 atom stereocenters. The van der Waals surface area contributed by atoms with Crippen molar-refractivity contribution in [2.24, 2.45) is 0 Å². The molecule has 1 N–H and O–H groups in total. The first-order chi connectivity index (χ1) is 16.5. The Labute approximate surface area is 195 Å². The molecule has 2 heterocycles. The smallest absolute Gasteiger partial charge is 0.334 e. The number of aromatic amines is 1. The van der Waals surface area contributed by atoms with Gasteiger partial charge < -0.3 is 4.74 Å². The number of ketones is 1. The van der Waals surface area contributed by atoms with Crippen LogP contribution in [0.1, 0.15) is 15.9 Å². The molecule has 0 aliphatic heterocycles. The minimum Gasteiger partial charge on any atom is -0.497 e. The van der Waals surface area contributed by atoms with Crippen molar-refractivity contribution in [1.29, 1.82) is 0 Å². The van der Waals surface area contributed by atoms with Gasteiger partial charge in [-0.3, -0.25) is 14.6 Å². The van der Waals surface area contributed by atoms with E-state index in [0.29, 0.717) is 49.5 Å². The van der Waals surface area contributed by atoms with E-state index in [1.807, 2.05) is 12.1 Å². The third kappa shape index (κ3) is 2.89. The van der Waals surface area contributed by atoms with Crippen molar-refractivity contribution >= 4 is 27.3 Å². The average molecular weight is 470 g/mol. The highest BCUT2D eigenvalue weighted by molar-refractivity contribution is 7.17. The first-order valence-electron chi connectivity index (χ1n) is 10.4. The van der Waals surface area contributed by atoms with Gasteiger partial charge >= 0.3 is 5.69 Å². The molecule has 34 heavy (non-hydrogen) atoms. The number of methoxy groups -OCH3 is 1. The van der Waals surface area contributed by atoms with E-state index in [4.69, 9.17) is 4.74 Å². The minimum atomic E-state index is -0.555. The van der Waals surface area contributed by atoms with Crippen LogP contribution in [0, 0.1) is 5.82 Å². The lowest BCUT2D eigenvalue weighted by Crippen LogP contribution is -2.33. The Morgan fingerprint density at radius 2 is 1.65 bits per heavy atom. The Morgan fingerprint density at radius 3 is 2.44 bits per heavy atom. The summed E-state index contributed by atoms with van der Waals surface area (Å²) >= 11 is 1.24. The maximum Gasteiger partial charge on any atom is 0.334 e. The molecular weight excluding hydrogens is 455 g/mol. The number of carbonyl (C=O) groups excluding carboxylic acids is 1. The highest BCUT2D eigenvalue weighted by atomic mass is 32.1. The van der Waals surface area contributed by atoms with E-state index in [0.717, 1.165) is 10.1 Å². The van der Waals surface area contributed by atoms with Crippen molar-refractivity contribution in [3.05, 3.63) is 104 Å². The predicted molar refractivity (Wildman–Crippen MR) is 129 cm³/mol. The molecule has 8 heteroatoms. The normalized spacial score (nSPS) is 12.1. The predicted octanol–water partition coefficient (Wildman–Crippen LogP) is 4.77. The second kappa shape index (κ2) is 7.36. The maximum atomic E-state index is 13.7. The van der Waals surface area contributed by atoms with Gasteiger partial charge in [-0.1, -0.05) is 24.3 Å². The zero-order valence-electron chi connectivity index (χ0n) is 17.7. The summed E-state index contributed by atoms with van der Waals surface area (Å²) in [6, 6.07) is 16.2. The van der Waals surface area contributed by atoms with Gasteiger partial charge in [-0.25, -0.2) is 13.8 Å². The van der Waals surface area contributed by atoms with Crippen molar-refractivity contribution < 1.29 is 13.9 Å². The van der Waals surface area contributed by atoms with Gasteiger partial charge in [0.05, 0.1) is 18.2 Å². The molecule has 6 rings (SSSR count). The third-order valence-electron chi connectivity index (χ3n) is 6.03. The van der Waals surface area contributed by atoms with Gasteiger partial charge in [0.2, 0.25) is 0 Å². The van der Waals surface area contributed by atoms with Gasteiger partial charge in [0.1, 0.15) is 16.4 Å². The molecule has 0 spiro atoms. The Morgan fingerprint density at radius 1 is 0.882 bits per heavy atom. The topological polar surface area (TPSA) is 81.2 Å². The lowest BCUT2D eigenvalue weighted by atomic mass is 9.99. The van der Waals surface area contributed by atoms with Crippen molar-refractivity contribution in [3.8, 4) is 33.7 Å². The van der Waals surface area contributed by atoms with Crippen LogP contribution in [-0.2, 0) is 0 Å². The van der Waals surface area contributed by atoms with Crippen molar-refractivity contribution in [1.82, 2.24) is 9.55 Å². The zero-order chi connectivity index (χ0) is 23.6. The van der Waals surface area contributed by atoms with E-state index in [1.165, 1.54) is 30.6 Å². The number of nitrogens with zero attached hydrogens (tertiary/aromatic N) is 1. The summed E-state index contributed by atoms with van der Waals surface area (Å²) in [5, 5.41) is 2.13. The van der Waals surface area contributed by atoms with Crippen LogP contribution in [0.25, 0.3) is 38.2 Å². The summed E-state index contributed by atoms with van der Waals surface area (Å²) in [5.41, 5.74) is 2.82. The fraction of sp³-hybridized carbons (Fsp3) is 0.0385. The Bertz CT molecular complexity index is 1780. The van der Waals surface area contributed by atoms with Gasteiger partial charge in [0.25, 0.3) is 5.56 Å². The van der Waals surface area contributed by atoms with Gasteiger partial charge in [-0.15, -0.1) is 11.3 Å². The first kappa shape index (κ1) is 20.3. The molecule has 0 radical (unpaired) electrons. The zero-order valence-corrected chi connectivity index (χ0v) is 18.5. The number of nitrogens with one attached hydrogen (secondary N) is 1. The van der Waals surface area contributed by atoms with E-state index in [-0.39, 0.29) is 5.78 Å². The first-order valence-corrected chi connectivity index (χ1v) is 11.2. The number of rotatable bonds is 3. The van der Waals surface area contributed by atoms with Gasteiger partial charge in [0.15, 0.2) is 5.78 Å². The van der Waals surface area contributed by atoms with Crippen molar-refractivity contribution in [2.45, 2.75) is 0 Å². The van der Waals surface area contributed by atoms with Gasteiger partial charge in [-0.05, 0) is 47.0 Å². The number of H-pyrrole nitrogens is 1. The third-order valence-corrected chi connectivity index (χ3v) is 6.93. The fourth-order valence-corrected chi connectivity index (χ4v) is 5.39. The van der Waals surface area contributed by atoms with Crippen molar-refractivity contribution in [2.75, 3.05) is 7.11 Å². The SMILES string of the molecule is COc1cccc(-n2c(=O)[nH]c3scc(-c4ccc5c(c4)C(=O)c4cc(F)ccc4-5)c3c2=O)c1. The Balaban J connectivity index is 1.55. The highest BCUT2D eigenvalue weighted by Crippen LogP contribution is 2.40. The molecule has 3 aromatic carbocycles. The standard InChI is InChI=1S/C26H15FN2O4S/c1-33-16-4-2-3-15(11-16)29-25(31)22-21(12-34-24(22)28-26(29)32)13-5-7-17-18-8-6-14(27)10-20(18)23(30)19(17)9-13/h2-12H,1H3,(H,28,32). The number of halogens is 1. The van der Waals surface area contributed by atoms with Gasteiger partial charge in [0, 0.05) is 28.1 Å². The molecule has 1 aliphatic rings. The van der Waals surface area contributed by atoms with Crippen LogP contribution in [0.4, 0.5) is 4.39 Å². The number of hydrogen-bond donors (Lipinski definition) is 1. The van der Waals surface area contributed by atoms with Crippen LogP contribution >= 0.6 is 11.3 Å². The number of hydrogen-bond acceptors (Lipinski definition) is 5. The molecule has 0 unspecified atom stereocenters. The second-order valence-corrected chi connectivity index (χ2v) is 8.78. The summed E-state index contributed by atoms with van der Waals surface area (Å²) in [7, 11) is 1.51. The number of ether oxygens (including phenoxy) is 1. The summed E-state index contributed by atoms with van der Waals surface area (Å²) < 4.78 is 20.0. The summed E-state index contributed by atoms with van der Waals surface area (Å²) in [5.74, 6) is -0.207. The van der Waals surface area contributed by atoms with Crippen LogP contribution in [-0.4, -0.2) is 22.4 Å². The molecule has 0 saturated heterocycles. The van der Waals surface area contributed by atoms with E-state index in [2.05, 4.69) is 4.98 Å². The van der Waals surface area contributed by atoms with E-state index in [1.54, 1.807) is 41.8 Å². The largest absolute Gasteiger partial charge is 0.497 e. The summed E-state index contributed by atoms with van der Waals surface area (Å²) in [6.07, 6.45) is 0. The van der Waals surface area contributed by atoms with E-state index >= 15 is 0 Å². The molecular formula is C26H15FN2O4S. The Kier molecular flexibility index (Phi) is 4.40. The lowest BCUT2D eigenvalue weighted by molar-refractivity contribution is 0.104. The molecule has 166 valence electrons. The summed E-state index contributed by atoms with van der Waals surface area (Å²) in [6.45, 7) is 0. The maximum absolute atomic E-state index is 13.7. The highest BCUT2D eigenvalue weighted by Gasteiger charge is 2.28. The average Bonchev–Trinajstić information content (AvgIpc) is 3.38. The van der Waals surface area contributed by atoms with E-state index in [9.17, 15) is 18.8 Å². The van der Waals surface area contributed by atoms with Crippen LogP contribution in [0.5, 0.6) is 5.75 Å². The van der Waals surface area contributed by atoms with Gasteiger partial charge in [-0.2, -0.15) is 0 Å². The molecule has 6 nitrogen and oxygen atoms in total. The monoisotopic (exact) mass is 470 g/mol. The number of carbonyl (C=O) groups is 1. The molecule has 0 bridgehead atoms. The second-order valence-electron chi connectivity index (χ2n) is 7.91. The molecule has 1 aliphatic carbocycles. The molecule has 2 aromatic heterocycles. The molecule has 5 aromatic rings. The van der Waals surface area contributed by atoms with Crippen LogP contribution in [0.15, 0.2) is 75.6 Å². The number of benzene rings is 3. The quantitative estimate of drug-likeness (QED) is 0.404. The summed E-state index contributed by atoms with van der Waals surface area (Å²) in [4.78, 5) is 42.4. The van der Waals surface area contributed by atoms with Crippen LogP contribution in [0.2, 0.25) is 0 Å².